The van der Waals surface area contributed by atoms with Gasteiger partial charge in [-0.15, -0.1) is 0 Å². The van der Waals surface area contributed by atoms with Gasteiger partial charge >= 0.3 is 12.1 Å². The summed E-state index contributed by atoms with van der Waals surface area (Å²) in [6, 6.07) is 13.1. The molecule has 2 aromatic carbocycles. The molecule has 0 bridgehead atoms. The molecule has 8 nitrogen and oxygen atoms in total. The zero-order valence-corrected chi connectivity index (χ0v) is 20.9. The van der Waals surface area contributed by atoms with Gasteiger partial charge < -0.3 is 20.1 Å². The van der Waals surface area contributed by atoms with Gasteiger partial charge in [-0.1, -0.05) is 23.7 Å². The van der Waals surface area contributed by atoms with E-state index in [-0.39, 0.29) is 30.8 Å². The van der Waals surface area contributed by atoms with Crippen molar-refractivity contribution in [3.05, 3.63) is 82.6 Å². The number of amides is 2. The maximum atomic E-state index is 13.0. The second-order valence-corrected chi connectivity index (χ2v) is 8.36. The predicted molar refractivity (Wildman–Crippen MR) is 133 cm³/mol. The predicted octanol–water partition coefficient (Wildman–Crippen LogP) is 5.41. The largest absolute Gasteiger partial charge is 0.469 e. The van der Waals surface area contributed by atoms with E-state index >= 15 is 0 Å². The summed E-state index contributed by atoms with van der Waals surface area (Å²) in [6.07, 6.45) is -2.90. The van der Waals surface area contributed by atoms with Crippen LogP contribution in [-0.4, -0.2) is 36.4 Å². The normalized spacial score (nSPS) is 11.0. The van der Waals surface area contributed by atoms with Crippen molar-refractivity contribution in [3.63, 3.8) is 0 Å². The van der Waals surface area contributed by atoms with Crippen LogP contribution in [-0.2, 0) is 26.9 Å². The molecule has 2 N–H and O–H groups in total. The number of nitrogens with zero attached hydrogens (tertiary/aromatic N) is 1. The van der Waals surface area contributed by atoms with Crippen LogP contribution in [0.2, 0.25) is 5.02 Å². The number of esters is 1. The first-order chi connectivity index (χ1) is 18.0. The molecule has 12 heteroatoms. The molecule has 3 rings (SSSR count). The third kappa shape index (κ3) is 8.48. The van der Waals surface area contributed by atoms with Crippen LogP contribution in [0.5, 0.6) is 11.5 Å². The summed E-state index contributed by atoms with van der Waals surface area (Å²) in [6.45, 7) is 0.0927. The van der Waals surface area contributed by atoms with Gasteiger partial charge in [0.1, 0.15) is 17.2 Å². The van der Waals surface area contributed by atoms with Gasteiger partial charge in [-0.2, -0.15) is 13.2 Å². The van der Waals surface area contributed by atoms with Crippen molar-refractivity contribution in [2.24, 2.45) is 0 Å². The molecule has 0 unspecified atom stereocenters. The minimum atomic E-state index is -4.64. The summed E-state index contributed by atoms with van der Waals surface area (Å²) in [5, 5.41) is 4.56. The minimum Gasteiger partial charge on any atom is -0.469 e. The second kappa shape index (κ2) is 12.9. The van der Waals surface area contributed by atoms with Crippen LogP contribution in [0, 0.1) is 0 Å². The Morgan fingerprint density at radius 3 is 2.50 bits per heavy atom. The first kappa shape index (κ1) is 28.5. The van der Waals surface area contributed by atoms with E-state index in [0.29, 0.717) is 17.9 Å². The van der Waals surface area contributed by atoms with Crippen LogP contribution in [0.3, 0.4) is 0 Å². The van der Waals surface area contributed by atoms with Gasteiger partial charge in [0, 0.05) is 30.9 Å². The van der Waals surface area contributed by atoms with Crippen LogP contribution in [0.15, 0.2) is 60.8 Å². The van der Waals surface area contributed by atoms with E-state index in [1.165, 1.54) is 25.4 Å². The highest BCUT2D eigenvalue weighted by Crippen LogP contribution is 2.36. The highest BCUT2D eigenvalue weighted by atomic mass is 35.5. The average molecular weight is 550 g/mol. The molecule has 0 saturated carbocycles. The number of alkyl halides is 3. The van der Waals surface area contributed by atoms with E-state index in [9.17, 15) is 27.6 Å². The number of carbonyl (C=O) groups is 3. The summed E-state index contributed by atoms with van der Waals surface area (Å²) >= 11 is 5.61. The maximum Gasteiger partial charge on any atom is 0.417 e. The number of nitrogens with one attached hydrogen (secondary N) is 2. The fourth-order valence-corrected chi connectivity index (χ4v) is 3.50. The molecule has 2 amide bonds. The van der Waals surface area contributed by atoms with E-state index in [4.69, 9.17) is 16.3 Å². The van der Waals surface area contributed by atoms with E-state index in [1.54, 1.807) is 30.3 Å². The van der Waals surface area contributed by atoms with Gasteiger partial charge in [-0.3, -0.25) is 19.4 Å². The second-order valence-electron chi connectivity index (χ2n) is 7.95. The zero-order valence-electron chi connectivity index (χ0n) is 20.1. The molecule has 0 spiro atoms. The van der Waals surface area contributed by atoms with Crippen molar-refractivity contribution in [1.29, 1.82) is 0 Å². The van der Waals surface area contributed by atoms with Crippen LogP contribution in [0.1, 0.15) is 34.5 Å². The number of methoxy groups -OCH3 is 1. The Kier molecular flexibility index (Phi) is 9.66. The van der Waals surface area contributed by atoms with E-state index in [0.717, 1.165) is 17.7 Å². The molecule has 0 aliphatic carbocycles. The van der Waals surface area contributed by atoms with Gasteiger partial charge in [0.05, 0.1) is 24.1 Å². The maximum absolute atomic E-state index is 13.0. The summed E-state index contributed by atoms with van der Waals surface area (Å²) in [5.41, 5.74) is -0.193. The fraction of sp³-hybridized carbons (Fsp3) is 0.231. The summed E-state index contributed by atoms with van der Waals surface area (Å²) in [5.74, 6) is -0.617. The number of hydrogen-bond acceptors (Lipinski definition) is 6. The van der Waals surface area contributed by atoms with Crippen LogP contribution < -0.4 is 15.4 Å². The van der Waals surface area contributed by atoms with Crippen molar-refractivity contribution in [1.82, 2.24) is 10.3 Å². The Balaban J connectivity index is 1.56. The molecule has 1 heterocycles. The Morgan fingerprint density at radius 2 is 1.76 bits per heavy atom. The minimum absolute atomic E-state index is 0.00775. The smallest absolute Gasteiger partial charge is 0.417 e. The molecule has 0 radical (unpaired) electrons. The summed E-state index contributed by atoms with van der Waals surface area (Å²) < 4.78 is 49.4. The summed E-state index contributed by atoms with van der Waals surface area (Å²) in [7, 11) is 1.26. The first-order valence-corrected chi connectivity index (χ1v) is 11.7. The van der Waals surface area contributed by atoms with Crippen molar-refractivity contribution >= 4 is 35.1 Å². The highest BCUT2D eigenvalue weighted by Gasteiger charge is 2.33. The van der Waals surface area contributed by atoms with Crippen LogP contribution in [0.4, 0.5) is 18.9 Å². The van der Waals surface area contributed by atoms with E-state index in [2.05, 4.69) is 20.4 Å². The number of aryl methyl sites for hydroxylation is 1. The van der Waals surface area contributed by atoms with Gasteiger partial charge in [0.25, 0.3) is 5.91 Å². The monoisotopic (exact) mass is 549 g/mol. The average Bonchev–Trinajstić information content (AvgIpc) is 2.88. The Labute approximate surface area is 221 Å². The number of ether oxygens (including phenoxy) is 2. The van der Waals surface area contributed by atoms with Crippen LogP contribution >= 0.6 is 11.6 Å². The molecule has 0 atom stereocenters. The molecule has 38 heavy (non-hydrogen) atoms. The van der Waals surface area contributed by atoms with Crippen molar-refractivity contribution < 1.29 is 37.0 Å². The standard InChI is InChI=1S/C26H23ClF3N3O5/c1-37-24(35)10-12-32-25(36)22-15-19(9-11-31-22)38-18-4-2-3-16(13-18)5-8-23(34)33-17-6-7-21(27)20(14-17)26(28,29)30/h2-4,6-7,9,11,13-15H,5,8,10,12H2,1H3,(H,32,36)(H,33,34). The number of benzene rings is 2. The summed E-state index contributed by atoms with van der Waals surface area (Å²) in [4.78, 5) is 39.7. The van der Waals surface area contributed by atoms with Crippen molar-refractivity contribution in [2.75, 3.05) is 19.0 Å². The van der Waals surface area contributed by atoms with Gasteiger partial charge in [0.15, 0.2) is 0 Å². The Morgan fingerprint density at radius 1 is 1.00 bits per heavy atom. The number of halogens is 4. The Bertz CT molecular complexity index is 1320. The molecular weight excluding hydrogens is 527 g/mol. The number of rotatable bonds is 10. The number of anilines is 1. The molecule has 3 aromatic rings. The van der Waals surface area contributed by atoms with Crippen molar-refractivity contribution in [3.8, 4) is 11.5 Å². The molecular formula is C26H23ClF3N3O5. The van der Waals surface area contributed by atoms with Gasteiger partial charge in [0.2, 0.25) is 5.91 Å². The molecule has 0 aliphatic rings. The van der Waals surface area contributed by atoms with Gasteiger partial charge in [-0.05, 0) is 48.4 Å². The third-order valence-electron chi connectivity index (χ3n) is 5.14. The molecule has 0 saturated heterocycles. The highest BCUT2D eigenvalue weighted by molar-refractivity contribution is 6.31. The SMILES string of the molecule is COC(=O)CCNC(=O)c1cc(Oc2cccc(CCC(=O)Nc3ccc(Cl)c(C(F)(F)F)c3)c2)ccn1. The van der Waals surface area contributed by atoms with Crippen LogP contribution in [0.25, 0.3) is 0 Å². The molecule has 0 fully saturated rings. The number of aromatic nitrogens is 1. The lowest BCUT2D eigenvalue weighted by Crippen LogP contribution is -2.27. The lowest BCUT2D eigenvalue weighted by molar-refractivity contribution is -0.140. The number of hydrogen-bond donors (Lipinski definition) is 2. The number of carbonyl (C=O) groups excluding carboxylic acids is 3. The topological polar surface area (TPSA) is 107 Å². The van der Waals surface area contributed by atoms with E-state index < -0.39 is 34.5 Å². The first-order valence-electron chi connectivity index (χ1n) is 11.3. The molecule has 0 aliphatic heterocycles. The fourth-order valence-electron chi connectivity index (χ4n) is 3.27. The lowest BCUT2D eigenvalue weighted by Gasteiger charge is -2.12. The number of pyridine rings is 1. The van der Waals surface area contributed by atoms with Gasteiger partial charge in [-0.25, -0.2) is 0 Å². The quantitative estimate of drug-likeness (QED) is 0.328. The third-order valence-corrected chi connectivity index (χ3v) is 5.47. The molecule has 1 aromatic heterocycles. The van der Waals surface area contributed by atoms with E-state index in [1.807, 2.05) is 0 Å². The lowest BCUT2D eigenvalue weighted by atomic mass is 10.1. The van der Waals surface area contributed by atoms with Crippen molar-refractivity contribution in [2.45, 2.75) is 25.4 Å². The zero-order chi connectivity index (χ0) is 27.7. The Hall–Kier alpha value is -4.12. The molecule has 200 valence electrons.